The number of amides is 7. The summed E-state index contributed by atoms with van der Waals surface area (Å²) in [4.78, 5) is 125. The van der Waals surface area contributed by atoms with Gasteiger partial charge in [0, 0.05) is 58.5 Å². The molecule has 3 atom stereocenters. The highest BCUT2D eigenvalue weighted by molar-refractivity contribution is 5.98. The van der Waals surface area contributed by atoms with Crippen molar-refractivity contribution in [3.8, 4) is 23.2 Å². The predicted molar refractivity (Wildman–Crippen MR) is 302 cm³/mol. The second kappa shape index (κ2) is 25.7. The maximum atomic E-state index is 15.4. The van der Waals surface area contributed by atoms with Gasteiger partial charge >= 0.3 is 5.97 Å². The smallest absolute Gasteiger partial charge is 0.340 e. The van der Waals surface area contributed by atoms with E-state index in [1.807, 2.05) is 36.4 Å². The Labute approximate surface area is 480 Å². The molecule has 0 radical (unpaired) electrons. The van der Waals surface area contributed by atoms with Gasteiger partial charge in [-0.3, -0.25) is 38.4 Å². The summed E-state index contributed by atoms with van der Waals surface area (Å²) < 4.78 is 22.2. The minimum atomic E-state index is -2.52. The maximum Gasteiger partial charge on any atom is 0.340 e. The van der Waals surface area contributed by atoms with Crippen molar-refractivity contribution in [3.63, 3.8) is 0 Å². The van der Waals surface area contributed by atoms with Gasteiger partial charge in [0.15, 0.2) is 5.60 Å². The topological polar surface area (TPSA) is 317 Å². The molecule has 4 aromatic carbocycles. The highest BCUT2D eigenvalue weighted by atomic mass is 19.1. The highest BCUT2D eigenvalue weighted by Gasteiger charge is 2.42. The third-order valence-corrected chi connectivity index (χ3v) is 15.1. The Morgan fingerprint density at radius 3 is 2.24 bits per heavy atom. The normalized spacial score (nSPS) is 14.5. The van der Waals surface area contributed by atoms with Gasteiger partial charge in [0.05, 0.1) is 68.0 Å². The number of ether oxygens (including phenoxy) is 1. The first-order valence-electron chi connectivity index (χ1n) is 27.1. The van der Waals surface area contributed by atoms with E-state index in [2.05, 4.69) is 43.7 Å². The molecule has 0 saturated heterocycles. The number of aromatic nitrogens is 2. The van der Waals surface area contributed by atoms with E-state index in [1.54, 1.807) is 54.3 Å². The summed E-state index contributed by atoms with van der Waals surface area (Å²) in [6.45, 7) is -0.283. The van der Waals surface area contributed by atoms with Gasteiger partial charge in [-0.1, -0.05) is 79.4 Å². The van der Waals surface area contributed by atoms with Crippen LogP contribution in [0.4, 0.5) is 10.1 Å². The van der Waals surface area contributed by atoms with Crippen LogP contribution in [0.3, 0.4) is 0 Å². The molecule has 23 heteroatoms. The molecule has 3 aliphatic rings. The van der Waals surface area contributed by atoms with Gasteiger partial charge in [-0.15, -0.1) is 0 Å². The zero-order valence-corrected chi connectivity index (χ0v) is 45.9. The Hall–Kier alpha value is -9.63. The number of hydrogen-bond donors (Lipinski definition) is 9. The van der Waals surface area contributed by atoms with E-state index in [0.717, 1.165) is 11.1 Å². The summed E-state index contributed by atoms with van der Waals surface area (Å²) in [5.74, 6) is -0.258. The molecule has 7 amide bonds. The van der Waals surface area contributed by atoms with E-state index in [0.29, 0.717) is 57.3 Å². The van der Waals surface area contributed by atoms with Crippen molar-refractivity contribution in [2.45, 2.75) is 89.8 Å². The number of benzene rings is 4. The second-order valence-corrected chi connectivity index (χ2v) is 20.4. The lowest BCUT2D eigenvalue weighted by molar-refractivity contribution is -0.160. The lowest BCUT2D eigenvalue weighted by atomic mass is 9.81. The molecule has 2 aromatic heterocycles. The lowest BCUT2D eigenvalue weighted by Gasteiger charge is -2.29. The van der Waals surface area contributed by atoms with E-state index in [1.165, 1.54) is 23.6 Å². The molecule has 84 heavy (non-hydrogen) atoms. The minimum Gasteiger partial charge on any atom is -0.479 e. The predicted octanol–water partition coefficient (Wildman–Crippen LogP) is 2.04. The summed E-state index contributed by atoms with van der Waals surface area (Å²) >= 11 is 0. The molecule has 0 saturated carbocycles. The first kappa shape index (κ1) is 59.0. The molecule has 434 valence electrons. The summed E-state index contributed by atoms with van der Waals surface area (Å²) in [6.07, 6.45) is -0.0522. The molecule has 4 heterocycles. The zero-order valence-electron chi connectivity index (χ0n) is 45.9. The number of nitrogens with zero attached hydrogens (tertiary/aromatic N) is 3. The van der Waals surface area contributed by atoms with Gasteiger partial charge in [0.25, 0.3) is 5.56 Å². The van der Waals surface area contributed by atoms with Crippen LogP contribution >= 0.6 is 0 Å². The first-order valence-corrected chi connectivity index (χ1v) is 27.1. The molecule has 6 aromatic rings. The molecule has 0 spiro atoms. The third kappa shape index (κ3) is 12.7. The number of fused-ring (bicyclic) bond motifs is 6. The van der Waals surface area contributed by atoms with Crippen molar-refractivity contribution >= 4 is 63.9 Å². The number of carboxylic acids is 1. The number of anilines is 1. The van der Waals surface area contributed by atoms with Crippen LogP contribution in [0.2, 0.25) is 0 Å². The van der Waals surface area contributed by atoms with Gasteiger partial charge < -0.3 is 61.4 Å². The Kier molecular flexibility index (Phi) is 18.0. The van der Waals surface area contributed by atoms with Crippen molar-refractivity contribution in [2.24, 2.45) is 0 Å². The summed E-state index contributed by atoms with van der Waals surface area (Å²) in [6, 6.07) is 24.1. The first-order chi connectivity index (χ1) is 40.4. The molecular formula is C61H60FN9O13. The molecule has 0 fully saturated rings. The highest BCUT2D eigenvalue weighted by Crippen LogP contribution is 2.45. The molecule has 22 nitrogen and oxygen atoms in total. The van der Waals surface area contributed by atoms with Crippen LogP contribution in [0.15, 0.2) is 95.8 Å². The second-order valence-electron chi connectivity index (χ2n) is 20.4. The van der Waals surface area contributed by atoms with E-state index in [-0.39, 0.29) is 72.7 Å². The number of carbonyl (C=O) groups excluding carboxylic acids is 7. The van der Waals surface area contributed by atoms with Crippen LogP contribution in [-0.4, -0.2) is 111 Å². The minimum absolute atomic E-state index is 0.00786. The average Bonchev–Trinajstić information content (AvgIpc) is 2.43. The number of halogens is 1. The van der Waals surface area contributed by atoms with Crippen LogP contribution in [0, 0.1) is 24.6 Å². The summed E-state index contributed by atoms with van der Waals surface area (Å²) in [5, 5.41) is 47.4. The van der Waals surface area contributed by atoms with Gasteiger partial charge in [-0.05, 0) is 78.3 Å². The van der Waals surface area contributed by atoms with Crippen LogP contribution in [0.5, 0.6) is 0 Å². The molecule has 0 bridgehead atoms. The zero-order chi connectivity index (χ0) is 59.8. The quantitative estimate of drug-likeness (QED) is 0.0267. The summed E-state index contributed by atoms with van der Waals surface area (Å²) in [7, 11) is 0. The number of hydrogen-bond acceptors (Lipinski definition) is 13. The third-order valence-electron chi connectivity index (χ3n) is 15.1. The van der Waals surface area contributed by atoms with Crippen molar-refractivity contribution in [2.75, 3.05) is 37.9 Å². The number of pyridine rings is 2. The van der Waals surface area contributed by atoms with E-state index in [4.69, 9.17) is 9.72 Å². The molecule has 1 aliphatic carbocycles. The number of aliphatic hydroxyl groups is 2. The van der Waals surface area contributed by atoms with Crippen molar-refractivity contribution in [1.29, 1.82) is 0 Å². The van der Waals surface area contributed by atoms with Gasteiger partial charge in [-0.25, -0.2) is 14.2 Å². The average molecular weight is 1150 g/mol. The van der Waals surface area contributed by atoms with Gasteiger partial charge in [0.1, 0.15) is 25.2 Å². The van der Waals surface area contributed by atoms with Crippen molar-refractivity contribution in [1.82, 2.24) is 41.5 Å². The van der Waals surface area contributed by atoms with E-state index < -0.39 is 110 Å². The fourth-order valence-corrected chi connectivity index (χ4v) is 10.7. The molecular weight excluding hydrogens is 1090 g/mol. The Morgan fingerprint density at radius 2 is 1.49 bits per heavy atom. The number of rotatable bonds is 22. The molecule has 9 rings (SSSR count). The number of carboxylic acid groups (broad SMARTS) is 1. The largest absolute Gasteiger partial charge is 0.479 e. The lowest BCUT2D eigenvalue weighted by Crippen LogP contribution is -2.52. The summed E-state index contributed by atoms with van der Waals surface area (Å²) in [5.41, 5.74) is 2.37. The van der Waals surface area contributed by atoms with Gasteiger partial charge in [0.2, 0.25) is 41.4 Å². The van der Waals surface area contributed by atoms with Crippen LogP contribution in [-0.2, 0) is 81.2 Å². The number of para-hydroxylation sites is 1. The van der Waals surface area contributed by atoms with Crippen molar-refractivity contribution in [3.05, 3.63) is 163 Å². The van der Waals surface area contributed by atoms with Crippen molar-refractivity contribution < 1.29 is 62.8 Å². The number of aliphatic carboxylic acids is 1. The van der Waals surface area contributed by atoms with Gasteiger partial charge in [-0.2, -0.15) is 0 Å². The van der Waals surface area contributed by atoms with Crippen LogP contribution < -0.4 is 42.4 Å². The molecule has 2 aliphatic heterocycles. The SMILES string of the molecule is CC[C@@](O)(C(=O)O)c1cc2n(c(=O)c1CO)Cc1c-2nc2cc(F)c(C)c3c2c1[C@@H](NC(=O)COCNC(=O)CNC(=O)[C@H](Cc1ccccc1)NC(=O)CNC(=O)CNC(=O)CCC(=O)N1Cc2ccccc2C#Cc2ccccc21)CC3. The van der Waals surface area contributed by atoms with Crippen LogP contribution in [0.1, 0.15) is 94.3 Å². The standard InChI is InChI=1S/C61H60FN9O13/c1-3-61(83,60(81)82)42-24-48-57-40(30-71(48)59(80)41(42)31-72)56-44(20-19-39-34(2)43(62)25-45(69-57)55(39)56)67-53(77)32-84-33-66-51(75)27-65-58(79)46(23-35-11-5-4-6-12-35)68-52(76)28-64-50(74)26-63-49(73)21-22-54(78)70-29-38-15-8-7-13-36(38)17-18-37-14-9-10-16-47(37)70/h4-16,24-25,44,46,72,83H,3,19-23,26-33H2,1-2H3,(H,63,73)(H,64,74)(H,65,79)(H,66,75)(H,67,77)(H,68,76)(H,81,82)/t44-,46-,61-/m0/s1. The Balaban J connectivity index is 0.747. The number of carbonyl (C=O) groups is 8. The Bertz CT molecular complexity index is 3780. The number of aryl methyl sites for hydroxylation is 1. The fraction of sp³-hybridized carbons (Fsp3) is 0.311. The van der Waals surface area contributed by atoms with E-state index >= 15 is 4.39 Å². The maximum absolute atomic E-state index is 15.4. The van der Waals surface area contributed by atoms with E-state index in [9.17, 15) is 58.5 Å². The molecule has 9 N–H and O–H groups in total. The monoisotopic (exact) mass is 1150 g/mol. The number of aliphatic hydroxyl groups excluding tert-OH is 1. The van der Waals surface area contributed by atoms with Crippen LogP contribution in [0.25, 0.3) is 22.3 Å². The number of nitrogens with one attached hydrogen (secondary N) is 6. The Morgan fingerprint density at radius 1 is 0.810 bits per heavy atom. The molecule has 0 unspecified atom stereocenters. The fourth-order valence-electron chi connectivity index (χ4n) is 10.7.